The highest BCUT2D eigenvalue weighted by atomic mass is 32.2. The Labute approximate surface area is 189 Å². The molecule has 170 valence electrons. The number of nitrogens with zero attached hydrogens (tertiary/aromatic N) is 8. The lowest BCUT2D eigenvalue weighted by Crippen LogP contribution is -2.49. The molecule has 5 rings (SSSR count). The average molecular weight is 468 g/mol. The number of piperazine rings is 1. The third kappa shape index (κ3) is 4.03. The Hall–Kier alpha value is -3.84. The molecule has 1 saturated heterocycles. The SMILES string of the molecule is Cn1cnc(S(=O)(=O)N2CCN(c3cnc(N)c(-c4nnc(-c5ccccc5)o4)n3)CC2)c1. The first-order valence-corrected chi connectivity index (χ1v) is 11.6. The number of nitrogen functional groups attached to an aromatic ring is 1. The van der Waals surface area contributed by atoms with E-state index in [4.69, 9.17) is 10.2 Å². The molecule has 0 bridgehead atoms. The lowest BCUT2D eigenvalue weighted by atomic mass is 10.2. The van der Waals surface area contributed by atoms with E-state index in [0.29, 0.717) is 37.9 Å². The number of imidazole rings is 1. The van der Waals surface area contributed by atoms with E-state index in [1.807, 2.05) is 35.2 Å². The van der Waals surface area contributed by atoms with Gasteiger partial charge in [0.1, 0.15) is 5.82 Å². The molecule has 4 heterocycles. The van der Waals surface area contributed by atoms with Crippen LogP contribution in [0.25, 0.3) is 23.0 Å². The van der Waals surface area contributed by atoms with Crippen LogP contribution in [0.4, 0.5) is 11.6 Å². The Bertz CT molecular complexity index is 1380. The average Bonchev–Trinajstić information content (AvgIpc) is 3.50. The predicted molar refractivity (Wildman–Crippen MR) is 119 cm³/mol. The van der Waals surface area contributed by atoms with Crippen molar-refractivity contribution in [3.63, 3.8) is 0 Å². The van der Waals surface area contributed by atoms with Crippen molar-refractivity contribution >= 4 is 21.7 Å². The van der Waals surface area contributed by atoms with Crippen molar-refractivity contribution in [1.82, 2.24) is 34.0 Å². The second kappa shape index (κ2) is 8.26. The van der Waals surface area contributed by atoms with Gasteiger partial charge in [0.05, 0.1) is 12.5 Å². The van der Waals surface area contributed by atoms with E-state index in [-0.39, 0.29) is 22.4 Å². The summed E-state index contributed by atoms with van der Waals surface area (Å²) in [7, 11) is -1.91. The summed E-state index contributed by atoms with van der Waals surface area (Å²) >= 11 is 0. The first-order chi connectivity index (χ1) is 15.9. The Balaban J connectivity index is 1.34. The maximum Gasteiger partial charge on any atom is 0.270 e. The zero-order chi connectivity index (χ0) is 23.0. The molecule has 1 aliphatic heterocycles. The molecule has 33 heavy (non-hydrogen) atoms. The molecule has 12 nitrogen and oxygen atoms in total. The summed E-state index contributed by atoms with van der Waals surface area (Å²) in [5.74, 6) is 1.23. The number of hydrogen-bond acceptors (Lipinski definition) is 10. The number of aryl methyl sites for hydroxylation is 1. The summed E-state index contributed by atoms with van der Waals surface area (Å²) in [5.41, 5.74) is 7.09. The molecule has 2 N–H and O–H groups in total. The molecule has 0 amide bonds. The van der Waals surface area contributed by atoms with Crippen LogP contribution >= 0.6 is 0 Å². The van der Waals surface area contributed by atoms with Crippen LogP contribution < -0.4 is 10.6 Å². The minimum absolute atomic E-state index is 0.0404. The van der Waals surface area contributed by atoms with Crippen molar-refractivity contribution in [2.75, 3.05) is 36.8 Å². The molecule has 1 fully saturated rings. The quantitative estimate of drug-likeness (QED) is 0.451. The van der Waals surface area contributed by atoms with Gasteiger partial charge in [-0.2, -0.15) is 4.31 Å². The van der Waals surface area contributed by atoms with Gasteiger partial charge in [-0.05, 0) is 12.1 Å². The Morgan fingerprint density at radius 2 is 1.73 bits per heavy atom. The first kappa shape index (κ1) is 21.0. The Morgan fingerprint density at radius 3 is 2.42 bits per heavy atom. The van der Waals surface area contributed by atoms with Crippen molar-refractivity contribution in [1.29, 1.82) is 0 Å². The van der Waals surface area contributed by atoms with Crippen molar-refractivity contribution in [2.24, 2.45) is 7.05 Å². The van der Waals surface area contributed by atoms with Gasteiger partial charge in [-0.3, -0.25) is 0 Å². The fraction of sp³-hybridized carbons (Fsp3) is 0.250. The molecular formula is C20H21N9O3S. The summed E-state index contributed by atoms with van der Waals surface area (Å²) in [6, 6.07) is 9.38. The van der Waals surface area contributed by atoms with Crippen LogP contribution in [0.2, 0.25) is 0 Å². The van der Waals surface area contributed by atoms with E-state index >= 15 is 0 Å². The topological polar surface area (TPSA) is 149 Å². The van der Waals surface area contributed by atoms with Gasteiger partial charge in [0.15, 0.2) is 16.5 Å². The van der Waals surface area contributed by atoms with Crippen LogP contribution in [-0.4, -0.2) is 68.6 Å². The minimum atomic E-state index is -3.64. The summed E-state index contributed by atoms with van der Waals surface area (Å²) in [5, 5.41) is 8.20. The molecule has 1 aliphatic rings. The van der Waals surface area contributed by atoms with Crippen molar-refractivity contribution in [2.45, 2.75) is 5.03 Å². The van der Waals surface area contributed by atoms with Gasteiger partial charge in [-0.25, -0.2) is 23.4 Å². The maximum absolute atomic E-state index is 12.8. The fourth-order valence-corrected chi connectivity index (χ4v) is 4.92. The lowest BCUT2D eigenvalue weighted by molar-refractivity contribution is 0.382. The number of anilines is 2. The summed E-state index contributed by atoms with van der Waals surface area (Å²) in [6.45, 7) is 1.45. The monoisotopic (exact) mass is 467 g/mol. The van der Waals surface area contributed by atoms with Gasteiger partial charge in [-0.15, -0.1) is 10.2 Å². The first-order valence-electron chi connectivity index (χ1n) is 10.2. The highest BCUT2D eigenvalue weighted by Gasteiger charge is 2.31. The van der Waals surface area contributed by atoms with E-state index in [1.165, 1.54) is 16.8 Å². The number of nitrogens with two attached hydrogens (primary N) is 1. The zero-order valence-corrected chi connectivity index (χ0v) is 18.6. The second-order valence-corrected chi connectivity index (χ2v) is 9.39. The van der Waals surface area contributed by atoms with E-state index in [2.05, 4.69) is 25.1 Å². The summed E-state index contributed by atoms with van der Waals surface area (Å²) in [4.78, 5) is 14.7. The molecule has 3 aromatic heterocycles. The summed E-state index contributed by atoms with van der Waals surface area (Å²) in [6.07, 6.45) is 4.51. The highest BCUT2D eigenvalue weighted by molar-refractivity contribution is 7.89. The zero-order valence-electron chi connectivity index (χ0n) is 17.7. The minimum Gasteiger partial charge on any atom is -0.414 e. The number of aromatic nitrogens is 6. The molecule has 13 heteroatoms. The van der Waals surface area contributed by atoms with Gasteiger partial charge < -0.3 is 19.6 Å². The van der Waals surface area contributed by atoms with Crippen LogP contribution in [0.5, 0.6) is 0 Å². The fourth-order valence-electron chi connectivity index (χ4n) is 3.53. The van der Waals surface area contributed by atoms with Crippen molar-refractivity contribution in [3.05, 3.63) is 49.1 Å². The smallest absolute Gasteiger partial charge is 0.270 e. The molecular weight excluding hydrogens is 446 g/mol. The summed E-state index contributed by atoms with van der Waals surface area (Å²) < 4.78 is 34.4. The van der Waals surface area contributed by atoms with Crippen molar-refractivity contribution < 1.29 is 12.8 Å². The van der Waals surface area contributed by atoms with Crippen LogP contribution in [-0.2, 0) is 17.1 Å². The standard InChI is InChI=1S/C20H21N9O3S/c1-27-12-16(23-13-27)33(30,31)29-9-7-28(8-10-29)15-11-22-18(21)17(24-15)20-26-25-19(32-20)14-5-3-2-4-6-14/h2-6,11-13H,7-10H2,1H3,(H2,21,22). The van der Waals surface area contributed by atoms with Gasteiger partial charge in [-0.1, -0.05) is 18.2 Å². The van der Waals surface area contributed by atoms with E-state index in [0.717, 1.165) is 5.56 Å². The molecule has 0 unspecified atom stereocenters. The molecule has 4 aromatic rings. The number of hydrogen-bond donors (Lipinski definition) is 1. The Morgan fingerprint density at radius 1 is 1.00 bits per heavy atom. The second-order valence-electron chi connectivity index (χ2n) is 7.51. The van der Waals surface area contributed by atoms with Gasteiger partial charge in [0.25, 0.3) is 15.9 Å². The van der Waals surface area contributed by atoms with Gasteiger partial charge in [0, 0.05) is 45.0 Å². The van der Waals surface area contributed by atoms with E-state index in [9.17, 15) is 8.42 Å². The molecule has 0 spiro atoms. The molecule has 0 radical (unpaired) electrons. The van der Waals surface area contributed by atoms with Crippen molar-refractivity contribution in [3.8, 4) is 23.0 Å². The number of rotatable bonds is 5. The molecule has 0 atom stereocenters. The maximum atomic E-state index is 12.8. The number of benzene rings is 1. The van der Waals surface area contributed by atoms with Crippen LogP contribution in [0.1, 0.15) is 0 Å². The predicted octanol–water partition coefficient (Wildman–Crippen LogP) is 1.02. The lowest BCUT2D eigenvalue weighted by Gasteiger charge is -2.34. The molecule has 0 aliphatic carbocycles. The van der Waals surface area contributed by atoms with Crippen LogP contribution in [0.3, 0.4) is 0 Å². The number of sulfonamides is 1. The van der Waals surface area contributed by atoms with Gasteiger partial charge >= 0.3 is 0 Å². The normalized spacial score (nSPS) is 15.1. The Kier molecular flexibility index (Phi) is 5.26. The third-order valence-electron chi connectivity index (χ3n) is 5.28. The molecule has 0 saturated carbocycles. The molecule has 1 aromatic carbocycles. The highest BCUT2D eigenvalue weighted by Crippen LogP contribution is 2.27. The third-order valence-corrected chi connectivity index (χ3v) is 7.07. The van der Waals surface area contributed by atoms with Crippen LogP contribution in [0, 0.1) is 0 Å². The van der Waals surface area contributed by atoms with Crippen LogP contribution in [0.15, 0.2) is 58.5 Å². The van der Waals surface area contributed by atoms with E-state index in [1.54, 1.807) is 17.8 Å². The van der Waals surface area contributed by atoms with E-state index < -0.39 is 10.0 Å². The largest absolute Gasteiger partial charge is 0.414 e. The van der Waals surface area contributed by atoms with Gasteiger partial charge in [0.2, 0.25) is 5.89 Å².